The summed E-state index contributed by atoms with van der Waals surface area (Å²) in [5, 5.41) is 8.51. The zero-order chi connectivity index (χ0) is 20.6. The molecule has 0 unspecified atom stereocenters. The van der Waals surface area contributed by atoms with Gasteiger partial charge in [0.05, 0.1) is 31.6 Å². The molecule has 152 valence electrons. The molecule has 0 saturated heterocycles. The summed E-state index contributed by atoms with van der Waals surface area (Å²) in [5.74, 6) is -0.238. The lowest BCUT2D eigenvalue weighted by atomic mass is 10.1. The molecule has 1 heterocycles. The van der Waals surface area contributed by atoms with E-state index in [0.29, 0.717) is 29.6 Å². The molecule has 2 aromatic carbocycles. The number of quaternary nitrogens is 1. The van der Waals surface area contributed by atoms with Crippen LogP contribution in [0, 0.1) is 0 Å². The summed E-state index contributed by atoms with van der Waals surface area (Å²) in [6.45, 7) is 8.45. The second-order valence-corrected chi connectivity index (χ2v) is 7.16. The lowest BCUT2D eigenvalue weighted by molar-refractivity contribution is -0.896. The van der Waals surface area contributed by atoms with Gasteiger partial charge in [0, 0.05) is 18.4 Å². The first-order chi connectivity index (χ1) is 14.1. The van der Waals surface area contributed by atoms with E-state index in [9.17, 15) is 9.59 Å². The first-order valence-corrected chi connectivity index (χ1v) is 10.3. The van der Waals surface area contributed by atoms with Gasteiger partial charge in [-0.2, -0.15) is 5.10 Å². The number of benzene rings is 2. The molecule has 1 aromatic heterocycles. The summed E-state index contributed by atoms with van der Waals surface area (Å²) < 4.78 is 1.38. The number of nitrogens with one attached hydrogen (secondary N) is 2. The zero-order valence-corrected chi connectivity index (χ0v) is 17.1. The molecular weight excluding hydrogens is 364 g/mol. The van der Waals surface area contributed by atoms with E-state index in [1.807, 2.05) is 42.5 Å². The summed E-state index contributed by atoms with van der Waals surface area (Å²) in [6, 6.07) is 16.8. The molecule has 3 rings (SSSR count). The van der Waals surface area contributed by atoms with Crippen LogP contribution in [0.15, 0.2) is 59.4 Å². The van der Waals surface area contributed by atoms with Crippen LogP contribution in [0.4, 0.5) is 0 Å². The largest absolute Gasteiger partial charge is 0.350 e. The summed E-state index contributed by atoms with van der Waals surface area (Å²) >= 11 is 0. The molecule has 1 amide bonds. The third kappa shape index (κ3) is 5.09. The van der Waals surface area contributed by atoms with Gasteiger partial charge in [0.1, 0.15) is 0 Å². The molecule has 0 fully saturated rings. The normalized spacial score (nSPS) is 11.1. The van der Waals surface area contributed by atoms with Crippen LogP contribution in [0.5, 0.6) is 0 Å². The molecule has 0 aliphatic rings. The van der Waals surface area contributed by atoms with Crippen LogP contribution in [0.2, 0.25) is 0 Å². The predicted molar refractivity (Wildman–Crippen MR) is 115 cm³/mol. The molecular formula is C23H29N4O2+. The highest BCUT2D eigenvalue weighted by Crippen LogP contribution is 2.14. The minimum atomic E-state index is -0.238. The molecule has 29 heavy (non-hydrogen) atoms. The van der Waals surface area contributed by atoms with Gasteiger partial charge in [-0.15, -0.1) is 0 Å². The van der Waals surface area contributed by atoms with Crippen LogP contribution in [0.25, 0.3) is 10.8 Å². The van der Waals surface area contributed by atoms with Gasteiger partial charge in [0.25, 0.3) is 11.5 Å². The van der Waals surface area contributed by atoms with Crippen molar-refractivity contribution in [3.8, 4) is 0 Å². The van der Waals surface area contributed by atoms with Crippen LogP contribution in [0.3, 0.4) is 0 Å². The molecule has 3 aromatic rings. The number of hydrogen-bond acceptors (Lipinski definition) is 3. The summed E-state index contributed by atoms with van der Waals surface area (Å²) in [7, 11) is 0. The number of nitrogens with zero attached hydrogens (tertiary/aromatic N) is 2. The molecule has 0 radical (unpaired) electrons. The van der Waals surface area contributed by atoms with Crippen LogP contribution < -0.4 is 15.8 Å². The molecule has 2 N–H and O–H groups in total. The number of fused-ring (bicyclic) bond motifs is 1. The number of carbonyl (C=O) groups excluding carboxylic acids is 1. The Bertz CT molecular complexity index is 1010. The Kier molecular flexibility index (Phi) is 7.14. The quantitative estimate of drug-likeness (QED) is 0.541. The van der Waals surface area contributed by atoms with E-state index in [-0.39, 0.29) is 11.5 Å². The maximum atomic E-state index is 12.9. The van der Waals surface area contributed by atoms with Gasteiger partial charge in [-0.3, -0.25) is 9.59 Å². The topological polar surface area (TPSA) is 68.4 Å². The van der Waals surface area contributed by atoms with Crippen LogP contribution in [-0.4, -0.2) is 41.9 Å². The van der Waals surface area contributed by atoms with Gasteiger partial charge in [-0.25, -0.2) is 4.68 Å². The molecule has 0 saturated carbocycles. The first-order valence-electron chi connectivity index (χ1n) is 10.3. The molecule has 0 spiro atoms. The SMILES string of the molecule is CC[NH+](CC)CCCNC(=O)c1nn(Cc2ccccc2)c(=O)c2ccccc12. The maximum absolute atomic E-state index is 12.9. The van der Waals surface area contributed by atoms with E-state index < -0.39 is 0 Å². The zero-order valence-electron chi connectivity index (χ0n) is 17.1. The van der Waals surface area contributed by atoms with Crippen molar-refractivity contribution in [2.24, 2.45) is 0 Å². The standard InChI is InChI=1S/C23H28N4O2/c1-3-26(4-2)16-10-15-24-22(28)21-19-13-8-9-14-20(19)23(29)27(25-21)17-18-11-6-5-7-12-18/h5-9,11-14H,3-4,10,15-17H2,1-2H3,(H,24,28)/p+1. The van der Waals surface area contributed by atoms with Gasteiger partial charge in [0.15, 0.2) is 5.69 Å². The van der Waals surface area contributed by atoms with Crippen molar-refractivity contribution in [2.75, 3.05) is 26.2 Å². The second kappa shape index (κ2) is 9.98. The van der Waals surface area contributed by atoms with Crippen molar-refractivity contribution in [2.45, 2.75) is 26.8 Å². The van der Waals surface area contributed by atoms with Gasteiger partial charge >= 0.3 is 0 Å². The van der Waals surface area contributed by atoms with Crippen LogP contribution in [0.1, 0.15) is 36.3 Å². The summed E-state index contributed by atoms with van der Waals surface area (Å²) in [6.07, 6.45) is 0.907. The Balaban J connectivity index is 1.83. The first kappa shape index (κ1) is 20.7. The number of amides is 1. The molecule has 0 atom stereocenters. The number of carbonyl (C=O) groups is 1. The van der Waals surface area contributed by atoms with Gasteiger partial charge < -0.3 is 10.2 Å². The van der Waals surface area contributed by atoms with Crippen molar-refractivity contribution in [3.63, 3.8) is 0 Å². The second-order valence-electron chi connectivity index (χ2n) is 7.16. The molecule has 0 aliphatic carbocycles. The van der Waals surface area contributed by atoms with Gasteiger partial charge in [-0.1, -0.05) is 48.5 Å². The lowest BCUT2D eigenvalue weighted by Crippen LogP contribution is -3.11. The third-order valence-corrected chi connectivity index (χ3v) is 5.25. The van der Waals surface area contributed by atoms with Crippen molar-refractivity contribution in [1.82, 2.24) is 15.1 Å². The van der Waals surface area contributed by atoms with E-state index in [0.717, 1.165) is 31.6 Å². The Labute approximate surface area is 171 Å². The number of aromatic nitrogens is 2. The molecule has 6 heteroatoms. The smallest absolute Gasteiger partial charge is 0.274 e. The fourth-order valence-electron chi connectivity index (χ4n) is 3.49. The monoisotopic (exact) mass is 393 g/mol. The van der Waals surface area contributed by atoms with Gasteiger partial charge in [-0.05, 0) is 25.5 Å². The molecule has 0 bridgehead atoms. The van der Waals surface area contributed by atoms with E-state index in [2.05, 4.69) is 24.3 Å². The summed E-state index contributed by atoms with van der Waals surface area (Å²) in [5.41, 5.74) is 1.07. The fourth-order valence-corrected chi connectivity index (χ4v) is 3.49. The fraction of sp³-hybridized carbons (Fsp3) is 0.348. The Morgan fingerprint density at radius 1 is 1.00 bits per heavy atom. The van der Waals surface area contributed by atoms with Crippen LogP contribution in [-0.2, 0) is 6.54 Å². The Hall–Kier alpha value is -2.99. The third-order valence-electron chi connectivity index (χ3n) is 5.25. The highest BCUT2D eigenvalue weighted by molar-refractivity contribution is 6.04. The lowest BCUT2D eigenvalue weighted by Gasteiger charge is -2.15. The average molecular weight is 394 g/mol. The van der Waals surface area contributed by atoms with E-state index in [1.165, 1.54) is 9.58 Å². The number of rotatable bonds is 9. The molecule has 6 nitrogen and oxygen atoms in total. The number of hydrogen-bond donors (Lipinski definition) is 2. The highest BCUT2D eigenvalue weighted by atomic mass is 16.2. The van der Waals surface area contributed by atoms with Crippen LogP contribution >= 0.6 is 0 Å². The predicted octanol–water partition coefficient (Wildman–Crippen LogP) is 1.49. The average Bonchev–Trinajstić information content (AvgIpc) is 2.76. The molecule has 0 aliphatic heterocycles. The van der Waals surface area contributed by atoms with Gasteiger partial charge in [0.2, 0.25) is 0 Å². The van der Waals surface area contributed by atoms with Crippen molar-refractivity contribution >= 4 is 16.7 Å². The van der Waals surface area contributed by atoms with Crippen molar-refractivity contribution in [1.29, 1.82) is 0 Å². The Morgan fingerprint density at radius 3 is 2.34 bits per heavy atom. The summed E-state index contributed by atoms with van der Waals surface area (Å²) in [4.78, 5) is 27.3. The maximum Gasteiger partial charge on any atom is 0.274 e. The van der Waals surface area contributed by atoms with Crippen molar-refractivity contribution in [3.05, 3.63) is 76.2 Å². The minimum absolute atomic E-state index is 0.189. The minimum Gasteiger partial charge on any atom is -0.350 e. The van der Waals surface area contributed by atoms with E-state index in [1.54, 1.807) is 12.1 Å². The van der Waals surface area contributed by atoms with Crippen molar-refractivity contribution < 1.29 is 9.69 Å². The van der Waals surface area contributed by atoms with E-state index >= 15 is 0 Å². The van der Waals surface area contributed by atoms with E-state index in [4.69, 9.17) is 0 Å². The Morgan fingerprint density at radius 2 is 1.66 bits per heavy atom. The highest BCUT2D eigenvalue weighted by Gasteiger charge is 2.16.